The largest absolute Gasteiger partial charge is 0.758 e. The van der Waals surface area contributed by atoms with Gasteiger partial charge in [0.25, 0.3) is 21.8 Å². The Balaban J connectivity index is 0.778. The number of amides is 1. The number of carbonyl (C=O) groups is 1. The van der Waals surface area contributed by atoms with E-state index in [0.717, 1.165) is 106 Å². The van der Waals surface area contributed by atoms with Gasteiger partial charge in [-0.05, 0) is 149 Å². The molecule has 2 saturated carbocycles. The predicted octanol–water partition coefficient (Wildman–Crippen LogP) is 11.5. The van der Waals surface area contributed by atoms with Gasteiger partial charge in [-0.2, -0.15) is 0 Å². The Bertz CT molecular complexity index is 3780. The van der Waals surface area contributed by atoms with E-state index in [9.17, 15) is 23.5 Å². The van der Waals surface area contributed by atoms with Gasteiger partial charge < -0.3 is 49.2 Å². The Morgan fingerprint density at radius 1 is 0.976 bits per heavy atom. The third-order valence-corrected chi connectivity index (χ3v) is 19.9. The average Bonchev–Trinajstić information content (AvgIpc) is 2.48. The van der Waals surface area contributed by atoms with E-state index in [4.69, 9.17) is 18.6 Å². The van der Waals surface area contributed by atoms with E-state index < -0.39 is 27.4 Å². The van der Waals surface area contributed by atoms with Gasteiger partial charge in [0.1, 0.15) is 27.7 Å². The lowest BCUT2D eigenvalue weighted by Gasteiger charge is -2.58. The molecule has 0 unspecified atom stereocenters. The maximum atomic E-state index is 15.1. The highest BCUT2D eigenvalue weighted by molar-refractivity contribution is 7.90. The Labute approximate surface area is 490 Å². The van der Waals surface area contributed by atoms with Crippen molar-refractivity contribution in [3.63, 3.8) is 0 Å². The number of piperidine rings is 1. The maximum Gasteiger partial charge on any atom is 0.268 e. The molecule has 5 heterocycles. The number of rotatable bonds is 17. The second-order valence-corrected chi connectivity index (χ2v) is 26.2. The first-order valence-electron chi connectivity index (χ1n) is 29.4. The first-order valence-corrected chi connectivity index (χ1v) is 30.9. The second-order valence-electron chi connectivity index (χ2n) is 24.5. The molecule has 18 nitrogen and oxygen atoms in total. The molecule has 0 radical (unpaired) electrons. The fraction of sp³-hybridized carbons (Fsp3) is 0.453. The van der Waals surface area contributed by atoms with E-state index in [1.807, 2.05) is 19.9 Å². The quantitative estimate of drug-likeness (QED) is 0.0624. The summed E-state index contributed by atoms with van der Waals surface area (Å²) in [6.45, 7) is 14.0. The number of ether oxygens (including phenoxy) is 3. The zero-order valence-corrected chi connectivity index (χ0v) is 49.7. The van der Waals surface area contributed by atoms with Gasteiger partial charge in [-0.3, -0.25) is 14.6 Å². The van der Waals surface area contributed by atoms with Gasteiger partial charge in [0, 0.05) is 87.0 Å². The number of aromatic amines is 1. The van der Waals surface area contributed by atoms with Crippen molar-refractivity contribution in [1.29, 1.82) is 0 Å². The summed E-state index contributed by atoms with van der Waals surface area (Å²) in [4.78, 5) is 33.8. The second kappa shape index (κ2) is 22.6. The SMILES string of the molecule is COc1nc2c(cc1Oc1cc(N3CCC4(CC3)CC(N3CCN(Cc5ccc(OC)c6oc(C)cc56)C[C@H]3c3ccccc3C(C)C)C4)ccc1C(=O)NS(=O)(=O)c1cc(N(C)[O-])c(NCC3CCC(C)(O)CC3)c3[nH]cnc13)C(F)=CC2. The summed E-state index contributed by atoms with van der Waals surface area (Å²) in [6.07, 6.45) is 9.99. The maximum absolute atomic E-state index is 15.1. The minimum absolute atomic E-state index is 0.00320. The molecule has 20 heteroatoms. The highest BCUT2D eigenvalue weighted by Gasteiger charge is 2.50. The van der Waals surface area contributed by atoms with Crippen LogP contribution in [-0.2, 0) is 23.0 Å². The highest BCUT2D eigenvalue weighted by atomic mass is 32.2. The Morgan fingerprint density at radius 3 is 2.49 bits per heavy atom. The standard InChI is InChI=1S/C64H75FN9O9S/c1-38(2)44-10-8-9-11-45(44)52-36-72(35-41-12-17-53(80-6)60-47(41)28-39(3)82-60)26-27-74(52)43-32-64(33-43)22-24-73(25-23-64)42-13-14-46(54(29-42)83-55-30-48-49(65)15-16-50(48)69-62(55)81-7)61(75)70-84(78,79)56-31-51(71(5)77)57(59-58(56)67-37-68-59)66-34-40-18-20-63(4,76)21-19-40/h8-15,17,28-31,37-38,40,43,52,66,76H,16,18-27,32-36H2,1-7H3,(H,67,68)(H,70,75)/q-1/t40?,52-,63?/m0/s1. The Kier molecular flexibility index (Phi) is 15.4. The molecule has 5 aliphatic rings. The minimum atomic E-state index is -4.72. The first kappa shape index (κ1) is 57.2. The van der Waals surface area contributed by atoms with Gasteiger partial charge >= 0.3 is 0 Å². The zero-order valence-electron chi connectivity index (χ0n) is 48.9. The molecule has 4 aromatic carbocycles. The van der Waals surface area contributed by atoms with Gasteiger partial charge in [-0.15, -0.1) is 0 Å². The molecule has 1 amide bonds. The van der Waals surface area contributed by atoms with Crippen molar-refractivity contribution in [2.24, 2.45) is 11.3 Å². The van der Waals surface area contributed by atoms with Crippen LogP contribution in [0, 0.1) is 23.5 Å². The van der Waals surface area contributed by atoms with E-state index >= 15 is 4.39 Å². The molecule has 4 N–H and O–H groups in total. The summed E-state index contributed by atoms with van der Waals surface area (Å²) in [6, 6.07) is 23.7. The molecular weight excluding hydrogens is 1090 g/mol. The number of fused-ring (bicyclic) bond motifs is 3. The van der Waals surface area contributed by atoms with Crippen LogP contribution >= 0.6 is 0 Å². The number of aliphatic hydroxyl groups is 1. The number of hydrogen-bond acceptors (Lipinski definition) is 16. The van der Waals surface area contributed by atoms with Crippen molar-refractivity contribution in [2.75, 3.05) is 75.8 Å². The molecule has 4 fully saturated rings. The van der Waals surface area contributed by atoms with Crippen molar-refractivity contribution < 1.29 is 41.3 Å². The van der Waals surface area contributed by atoms with Crippen LogP contribution in [-0.4, -0.2) is 116 Å². The van der Waals surface area contributed by atoms with Gasteiger partial charge in [0.15, 0.2) is 17.1 Å². The van der Waals surface area contributed by atoms with Crippen LogP contribution in [0.15, 0.2) is 94.5 Å². The van der Waals surface area contributed by atoms with Gasteiger partial charge in [0.2, 0.25) is 0 Å². The number of allylic oxidation sites excluding steroid dienone is 1. The van der Waals surface area contributed by atoms with Gasteiger partial charge in [0.05, 0.1) is 54.3 Å². The number of anilines is 3. The molecule has 12 rings (SSSR count). The molecule has 2 aliphatic heterocycles. The lowest BCUT2D eigenvalue weighted by atomic mass is 9.59. The van der Waals surface area contributed by atoms with Crippen molar-refractivity contribution in [2.45, 2.75) is 121 Å². The molecule has 1 atom stereocenters. The monoisotopic (exact) mass is 1160 g/mol. The topological polar surface area (TPSA) is 214 Å². The Hall–Kier alpha value is -7.23. The minimum Gasteiger partial charge on any atom is -0.758 e. The van der Waals surface area contributed by atoms with Crippen LogP contribution in [0.4, 0.5) is 21.5 Å². The summed E-state index contributed by atoms with van der Waals surface area (Å²) in [7, 11) is -0.349. The van der Waals surface area contributed by atoms with E-state index in [1.54, 1.807) is 19.2 Å². The predicted molar refractivity (Wildman–Crippen MR) is 323 cm³/mol. The number of sulfonamides is 1. The number of aryl methyl sites for hydroxylation is 1. The van der Waals surface area contributed by atoms with Crippen LogP contribution in [0.3, 0.4) is 0 Å². The number of nitrogens with zero attached hydrogens (tertiary/aromatic N) is 6. The summed E-state index contributed by atoms with van der Waals surface area (Å²) in [5, 5.41) is 28.7. The molecule has 0 bridgehead atoms. The molecule has 2 saturated heterocycles. The first-order chi connectivity index (χ1) is 40.3. The molecule has 84 heavy (non-hydrogen) atoms. The van der Waals surface area contributed by atoms with Crippen LogP contribution in [0.25, 0.3) is 27.8 Å². The number of hydroxylamine groups is 1. The number of piperazine rings is 1. The number of furan rings is 1. The third-order valence-electron chi connectivity index (χ3n) is 18.6. The number of H-pyrrole nitrogens is 1. The number of nitrogens with one attached hydrogen (secondary N) is 3. The van der Waals surface area contributed by atoms with Crippen LogP contribution < -0.4 is 34.2 Å². The number of halogens is 1. The van der Waals surface area contributed by atoms with Crippen LogP contribution in [0.2, 0.25) is 0 Å². The fourth-order valence-electron chi connectivity index (χ4n) is 13.9. The molecule has 3 aromatic heterocycles. The summed E-state index contributed by atoms with van der Waals surface area (Å²) >= 11 is 0. The summed E-state index contributed by atoms with van der Waals surface area (Å²) < 4.78 is 70.4. The van der Waals surface area contributed by atoms with Crippen LogP contribution in [0.1, 0.15) is 128 Å². The normalized spacial score (nSPS) is 21.2. The van der Waals surface area contributed by atoms with Gasteiger partial charge in [-0.25, -0.2) is 27.5 Å². The number of imidazole rings is 1. The van der Waals surface area contributed by atoms with Crippen molar-refractivity contribution in [1.82, 2.24) is 29.5 Å². The molecule has 7 aromatic rings. The lowest BCUT2D eigenvalue weighted by Crippen LogP contribution is -2.60. The molecule has 444 valence electrons. The zero-order chi connectivity index (χ0) is 58.8. The smallest absolute Gasteiger partial charge is 0.268 e. The summed E-state index contributed by atoms with van der Waals surface area (Å²) in [5.41, 5.74) is 6.30. The number of hydrogen-bond donors (Lipinski definition) is 4. The number of carbonyl (C=O) groups excluding carboxylic acids is 1. The van der Waals surface area contributed by atoms with E-state index in [0.29, 0.717) is 47.8 Å². The lowest BCUT2D eigenvalue weighted by molar-refractivity contribution is -0.0627. The highest BCUT2D eigenvalue weighted by Crippen LogP contribution is 2.54. The number of pyridine rings is 1. The van der Waals surface area contributed by atoms with Crippen molar-refractivity contribution in [3.05, 3.63) is 130 Å². The van der Waals surface area contributed by atoms with Crippen LogP contribution in [0.5, 0.6) is 23.1 Å². The van der Waals surface area contributed by atoms with Crippen molar-refractivity contribution in [3.8, 4) is 23.1 Å². The van der Waals surface area contributed by atoms with Crippen molar-refractivity contribution >= 4 is 60.8 Å². The number of methoxy groups -OCH3 is 2. The fourth-order valence-corrected chi connectivity index (χ4v) is 15.0. The molecule has 3 aliphatic carbocycles. The summed E-state index contributed by atoms with van der Waals surface area (Å²) in [5.74, 6) is 0.834. The Morgan fingerprint density at radius 2 is 1.75 bits per heavy atom. The number of aromatic nitrogens is 3. The van der Waals surface area contributed by atoms with Gasteiger partial charge in [-0.1, -0.05) is 44.2 Å². The van der Waals surface area contributed by atoms with E-state index in [2.05, 4.69) is 89.9 Å². The number of benzene rings is 4. The third kappa shape index (κ3) is 11.1. The van der Waals surface area contributed by atoms with E-state index in [-0.39, 0.29) is 73.9 Å². The molecular formula is C64H75FN9O9S-. The molecule has 1 spiro atoms. The average molecular weight is 1170 g/mol. The van der Waals surface area contributed by atoms with E-state index in [1.165, 1.54) is 61.5 Å².